The fourth-order valence-corrected chi connectivity index (χ4v) is 6.89. The van der Waals surface area contributed by atoms with Gasteiger partial charge < -0.3 is 4.57 Å². The van der Waals surface area contributed by atoms with Crippen molar-refractivity contribution in [2.75, 3.05) is 5.75 Å². The minimum atomic E-state index is -4.46. The van der Waals surface area contributed by atoms with Crippen LogP contribution < -0.4 is 10.2 Å². The van der Waals surface area contributed by atoms with Gasteiger partial charge in [-0.15, -0.1) is 0 Å². The van der Waals surface area contributed by atoms with Crippen LogP contribution in [0.5, 0.6) is 0 Å². The Morgan fingerprint density at radius 3 is 1.88 bits per heavy atom. The zero-order valence-electron chi connectivity index (χ0n) is 26.0. The van der Waals surface area contributed by atoms with E-state index < -0.39 is 20.1 Å². The summed E-state index contributed by atoms with van der Waals surface area (Å²) in [4.78, 5) is 2.07. The first-order valence-corrected chi connectivity index (χ1v) is 18.8. The van der Waals surface area contributed by atoms with Crippen LogP contribution in [0.2, 0.25) is 0 Å². The number of rotatable bonds is 19. The number of hydrogen-bond donors (Lipinski definition) is 2. The second-order valence-corrected chi connectivity index (χ2v) is 14.8. The molecule has 0 aliphatic carbocycles. The van der Waals surface area contributed by atoms with Crippen molar-refractivity contribution in [1.29, 1.82) is 0 Å². The van der Waals surface area contributed by atoms with Gasteiger partial charge in [-0.05, 0) is 43.2 Å². The van der Waals surface area contributed by atoms with Crippen LogP contribution in [-0.4, -0.2) is 31.7 Å². The van der Waals surface area contributed by atoms with Gasteiger partial charge in [0.1, 0.15) is 0 Å². The van der Waals surface area contributed by atoms with Crippen molar-refractivity contribution in [3.63, 3.8) is 0 Å². The van der Waals surface area contributed by atoms with E-state index >= 15 is 0 Å². The highest BCUT2D eigenvalue weighted by molar-refractivity contribution is 7.89. The Kier molecular flexibility index (Phi) is 13.7. The summed E-state index contributed by atoms with van der Waals surface area (Å²) in [5.41, 5.74) is 3.39. The average Bonchev–Trinajstić information content (AvgIpc) is 2.97. The number of nitrogens with zero attached hydrogens (tertiary/aromatic N) is 2. The lowest BCUT2D eigenvalue weighted by molar-refractivity contribution is 0.483. The van der Waals surface area contributed by atoms with Crippen molar-refractivity contribution >= 4 is 31.0 Å². The first kappa shape index (κ1) is 34.8. The monoisotopic (exact) mass is 631 g/mol. The average molecular weight is 632 g/mol. The molecule has 1 aromatic heterocycles. The standard InChI is InChI=1S/C33H49N3O5S2/c1-4-5-6-7-8-9-10-11-12-13-14-15-16-19-24-42(37,38)35-34-31-26-33(29-21-18-17-20-27(29)2)36(3)32-23-22-28(25-30(31)32)43(39,40)41/h17-18,20-23,25-26,35H,4-16,19,24H2,1-3H3,(H,39,40,41)/b34-31+. The Labute approximate surface area is 258 Å². The van der Waals surface area contributed by atoms with Crippen LogP contribution in [0.25, 0.3) is 22.2 Å². The SMILES string of the molecule is CCCCCCCCCCCCCCCCS(=O)(=O)N/N=c1\cc(-c2ccccc2C)n(C)c2ccc(S(=O)(=O)O)cc12. The van der Waals surface area contributed by atoms with E-state index in [0.717, 1.165) is 36.1 Å². The number of sulfonamides is 1. The van der Waals surface area contributed by atoms with E-state index in [9.17, 15) is 21.4 Å². The van der Waals surface area contributed by atoms with E-state index in [2.05, 4.69) is 16.9 Å². The topological polar surface area (TPSA) is 118 Å². The van der Waals surface area contributed by atoms with Crippen molar-refractivity contribution < 1.29 is 21.4 Å². The lowest BCUT2D eigenvalue weighted by Gasteiger charge is -2.16. The Morgan fingerprint density at radius 1 is 0.767 bits per heavy atom. The molecule has 0 bridgehead atoms. The summed E-state index contributed by atoms with van der Waals surface area (Å²) in [6.45, 7) is 4.23. The molecule has 238 valence electrons. The predicted octanol–water partition coefficient (Wildman–Crippen LogP) is 7.62. The third kappa shape index (κ3) is 11.1. The zero-order valence-corrected chi connectivity index (χ0v) is 27.6. The molecule has 2 aromatic carbocycles. The number of pyridine rings is 1. The lowest BCUT2D eigenvalue weighted by atomic mass is 10.0. The smallest absolute Gasteiger partial charge is 0.294 e. The van der Waals surface area contributed by atoms with E-state index in [1.807, 2.05) is 42.8 Å². The molecule has 3 aromatic rings. The number of hydrogen-bond acceptors (Lipinski definition) is 5. The van der Waals surface area contributed by atoms with Crippen LogP contribution in [0.1, 0.15) is 102 Å². The van der Waals surface area contributed by atoms with Crippen molar-refractivity contribution in [1.82, 2.24) is 9.40 Å². The number of unbranched alkanes of at least 4 members (excludes halogenated alkanes) is 13. The Morgan fingerprint density at radius 2 is 1.33 bits per heavy atom. The summed E-state index contributed by atoms with van der Waals surface area (Å²) in [6, 6.07) is 13.8. The van der Waals surface area contributed by atoms with Gasteiger partial charge in [0.15, 0.2) is 0 Å². The summed E-state index contributed by atoms with van der Waals surface area (Å²) in [6.07, 6.45) is 16.7. The first-order valence-electron chi connectivity index (χ1n) is 15.7. The van der Waals surface area contributed by atoms with Gasteiger partial charge in [-0.25, -0.2) is 13.2 Å². The molecule has 3 rings (SSSR count). The molecule has 0 atom stereocenters. The first-order chi connectivity index (χ1) is 20.5. The normalized spacial score (nSPS) is 12.7. The summed E-state index contributed by atoms with van der Waals surface area (Å²) in [5, 5.41) is 4.91. The summed E-state index contributed by atoms with van der Waals surface area (Å²) in [7, 11) is -6.30. The molecule has 0 fully saturated rings. The molecule has 0 aliphatic rings. The molecular weight excluding hydrogens is 583 g/mol. The van der Waals surface area contributed by atoms with Gasteiger partial charge in [0.05, 0.1) is 27.2 Å². The molecule has 0 unspecified atom stereocenters. The lowest BCUT2D eigenvalue weighted by Crippen LogP contribution is -2.25. The molecule has 0 aliphatic heterocycles. The molecule has 2 N–H and O–H groups in total. The molecule has 10 heteroatoms. The van der Waals surface area contributed by atoms with Crippen LogP contribution in [0.3, 0.4) is 0 Å². The quantitative estimate of drug-likeness (QED) is 0.0802. The molecule has 0 saturated carbocycles. The van der Waals surface area contributed by atoms with E-state index in [-0.39, 0.29) is 16.0 Å². The van der Waals surface area contributed by atoms with Crippen LogP contribution in [0.15, 0.2) is 58.5 Å². The van der Waals surface area contributed by atoms with Crippen molar-refractivity contribution in [3.05, 3.63) is 59.5 Å². The highest BCUT2D eigenvalue weighted by atomic mass is 32.2. The van der Waals surface area contributed by atoms with Gasteiger partial charge in [0, 0.05) is 18.0 Å². The minimum absolute atomic E-state index is 0.0337. The van der Waals surface area contributed by atoms with E-state index in [4.69, 9.17) is 0 Å². The Bertz CT molecular complexity index is 1610. The number of nitrogens with one attached hydrogen (secondary N) is 1. The van der Waals surface area contributed by atoms with Gasteiger partial charge in [0.25, 0.3) is 10.1 Å². The van der Waals surface area contributed by atoms with Crippen molar-refractivity contribution in [2.24, 2.45) is 12.1 Å². The fourth-order valence-electron chi connectivity index (χ4n) is 5.47. The summed E-state index contributed by atoms with van der Waals surface area (Å²) in [5.74, 6) is -0.0337. The molecule has 8 nitrogen and oxygen atoms in total. The van der Waals surface area contributed by atoms with Gasteiger partial charge in [0.2, 0.25) is 10.0 Å². The van der Waals surface area contributed by atoms with Gasteiger partial charge in [-0.1, -0.05) is 115 Å². The second kappa shape index (κ2) is 17.0. The number of benzene rings is 2. The highest BCUT2D eigenvalue weighted by Crippen LogP contribution is 2.26. The van der Waals surface area contributed by atoms with Crippen LogP contribution in [0, 0.1) is 6.92 Å². The molecule has 0 saturated heterocycles. The number of fused-ring (bicyclic) bond motifs is 1. The maximum atomic E-state index is 12.8. The van der Waals surface area contributed by atoms with Crippen molar-refractivity contribution in [2.45, 2.75) is 109 Å². The zero-order chi connectivity index (χ0) is 31.3. The molecule has 0 amide bonds. The predicted molar refractivity (Wildman–Crippen MR) is 176 cm³/mol. The van der Waals surface area contributed by atoms with Crippen LogP contribution in [0.4, 0.5) is 0 Å². The Balaban J connectivity index is 1.61. The molecule has 43 heavy (non-hydrogen) atoms. The third-order valence-electron chi connectivity index (χ3n) is 8.03. The van der Waals surface area contributed by atoms with Crippen LogP contribution >= 0.6 is 0 Å². The van der Waals surface area contributed by atoms with E-state index in [0.29, 0.717) is 17.3 Å². The second-order valence-electron chi connectivity index (χ2n) is 11.6. The van der Waals surface area contributed by atoms with Gasteiger partial charge in [-0.2, -0.15) is 13.5 Å². The summed E-state index contributed by atoms with van der Waals surface area (Å²) < 4.78 is 60.8. The van der Waals surface area contributed by atoms with Gasteiger partial charge in [-0.3, -0.25) is 4.55 Å². The maximum absolute atomic E-state index is 12.8. The maximum Gasteiger partial charge on any atom is 0.294 e. The van der Waals surface area contributed by atoms with Crippen molar-refractivity contribution in [3.8, 4) is 11.3 Å². The van der Waals surface area contributed by atoms with E-state index in [1.165, 1.54) is 76.3 Å². The fraction of sp³-hybridized carbons (Fsp3) is 0.545. The molecular formula is C33H49N3O5S2. The Hall–Kier alpha value is -2.69. The summed E-state index contributed by atoms with van der Waals surface area (Å²) >= 11 is 0. The third-order valence-corrected chi connectivity index (χ3v) is 10.1. The minimum Gasteiger partial charge on any atom is -0.344 e. The molecule has 1 heterocycles. The number of aryl methyl sites for hydroxylation is 2. The molecule has 0 spiro atoms. The number of aromatic nitrogens is 1. The van der Waals surface area contributed by atoms with Crippen LogP contribution in [-0.2, 0) is 27.2 Å². The van der Waals surface area contributed by atoms with E-state index in [1.54, 1.807) is 12.1 Å². The van der Waals surface area contributed by atoms with Gasteiger partial charge >= 0.3 is 0 Å². The largest absolute Gasteiger partial charge is 0.344 e. The highest BCUT2D eigenvalue weighted by Gasteiger charge is 2.15. The molecule has 0 radical (unpaired) electrons.